The molecule has 2 aromatic heterocycles. The topological polar surface area (TPSA) is 224 Å². The summed E-state index contributed by atoms with van der Waals surface area (Å²) in [6, 6.07) is 5.55. The Kier molecular flexibility index (Phi) is 13.8. The van der Waals surface area contributed by atoms with Crippen molar-refractivity contribution < 1.29 is 51.5 Å². The van der Waals surface area contributed by atoms with Crippen molar-refractivity contribution in [3.05, 3.63) is 34.9 Å². The number of ether oxygens (including phenoxy) is 2. The van der Waals surface area contributed by atoms with Crippen LogP contribution in [-0.4, -0.2) is 82.3 Å². The molecule has 0 fully saturated rings. The molecule has 1 aromatic carbocycles. The maximum absolute atomic E-state index is 13.3. The second kappa shape index (κ2) is 16.8. The lowest BCUT2D eigenvalue weighted by Gasteiger charge is -2.20. The van der Waals surface area contributed by atoms with Crippen LogP contribution in [0.4, 0.5) is 29.6 Å². The number of carboxylic acids is 1. The molecule has 0 aliphatic rings. The zero-order chi connectivity index (χ0) is 37.3. The van der Waals surface area contributed by atoms with Gasteiger partial charge in [-0.05, 0) is 46.2 Å². The molecule has 270 valence electrons. The lowest BCUT2D eigenvalue weighted by molar-refractivity contribution is -0.668. The van der Waals surface area contributed by atoms with Crippen LogP contribution in [0.2, 0.25) is 5.15 Å². The Hall–Kier alpha value is -5.07. The fourth-order valence-corrected chi connectivity index (χ4v) is 4.40. The number of nitrogens with zero attached hydrogens (tertiary/aromatic N) is 5. The largest absolute Gasteiger partial charge is 0.542 e. The van der Waals surface area contributed by atoms with E-state index in [1.165, 1.54) is 0 Å². The van der Waals surface area contributed by atoms with E-state index in [0.717, 1.165) is 11.0 Å². The first kappa shape index (κ1) is 40.1. The third-order valence-electron chi connectivity index (χ3n) is 6.52. The number of carbonyl (C=O) groups excluding carboxylic acids is 4. The smallest absolute Gasteiger partial charge is 0.430 e. The van der Waals surface area contributed by atoms with Gasteiger partial charge in [0.25, 0.3) is 17.6 Å². The number of halogens is 4. The Labute approximate surface area is 284 Å². The molecular weight excluding hydrogens is 679 g/mol. The summed E-state index contributed by atoms with van der Waals surface area (Å²) in [6.45, 7) is 8.71. The molecule has 3 aromatic rings. The molecule has 0 aliphatic carbocycles. The van der Waals surface area contributed by atoms with Crippen LogP contribution in [0, 0.1) is 0 Å². The summed E-state index contributed by atoms with van der Waals surface area (Å²) in [4.78, 5) is 56.4. The first-order chi connectivity index (χ1) is 22.7. The fraction of sp³-hybridized carbons (Fsp3) is 0.483. The Morgan fingerprint density at radius 2 is 1.73 bits per heavy atom. The predicted molar refractivity (Wildman–Crippen MR) is 169 cm³/mol. The van der Waals surface area contributed by atoms with Gasteiger partial charge in [0.15, 0.2) is 40.1 Å². The van der Waals surface area contributed by atoms with Crippen LogP contribution in [0.25, 0.3) is 11.0 Å². The minimum absolute atomic E-state index is 0.00662. The molecule has 16 nitrogen and oxygen atoms in total. The summed E-state index contributed by atoms with van der Waals surface area (Å²) in [5.74, 6) is -2.68. The lowest BCUT2D eigenvalue weighted by Crippen LogP contribution is -2.48. The maximum Gasteiger partial charge on any atom is 0.430 e. The predicted octanol–water partition coefficient (Wildman–Crippen LogP) is 1.17. The molecule has 49 heavy (non-hydrogen) atoms. The van der Waals surface area contributed by atoms with Crippen LogP contribution in [0.5, 0.6) is 5.75 Å². The van der Waals surface area contributed by atoms with Crippen molar-refractivity contribution >= 4 is 58.1 Å². The molecule has 2 heterocycles. The summed E-state index contributed by atoms with van der Waals surface area (Å²) in [6.07, 6.45) is -5.16. The van der Waals surface area contributed by atoms with Crippen LogP contribution in [0.3, 0.4) is 0 Å². The number of imidazole rings is 1. The number of aliphatic carboxylic acids is 1. The van der Waals surface area contributed by atoms with E-state index in [2.05, 4.69) is 20.6 Å². The quantitative estimate of drug-likeness (QED) is 0.163. The Balaban J connectivity index is 0.00000107. The number of amides is 3. The van der Waals surface area contributed by atoms with Crippen LogP contribution >= 0.6 is 11.6 Å². The van der Waals surface area contributed by atoms with Gasteiger partial charge in [-0.15, -0.1) is 0 Å². The Bertz CT molecular complexity index is 1680. The molecular formula is C29H39ClF3N9O7. The highest BCUT2D eigenvalue weighted by molar-refractivity contribution is 6.31. The van der Waals surface area contributed by atoms with Gasteiger partial charge in [0, 0.05) is 26.2 Å². The average Bonchev–Trinajstić information content (AvgIpc) is 3.29. The third-order valence-corrected chi connectivity index (χ3v) is 6.80. The van der Waals surface area contributed by atoms with Crippen LogP contribution in [-0.2, 0) is 34.0 Å². The monoisotopic (exact) mass is 717 g/mol. The van der Waals surface area contributed by atoms with E-state index in [1.54, 1.807) is 39.8 Å². The van der Waals surface area contributed by atoms with Gasteiger partial charge in [-0.25, -0.2) is 23.9 Å². The number of nitrogen functional groups attached to an aromatic ring is 2. The van der Waals surface area contributed by atoms with Crippen LogP contribution in [0.15, 0.2) is 18.2 Å². The molecule has 3 rings (SSSR count). The normalized spacial score (nSPS) is 11.3. The number of rotatable bonds is 11. The molecule has 20 heteroatoms. The number of nitrogens with two attached hydrogens (primary N) is 2. The van der Waals surface area contributed by atoms with E-state index in [4.69, 9.17) is 42.4 Å². The van der Waals surface area contributed by atoms with E-state index in [1.807, 2.05) is 34.3 Å². The van der Waals surface area contributed by atoms with Gasteiger partial charge >= 0.3 is 12.3 Å². The second-order valence-electron chi connectivity index (χ2n) is 11.3. The molecule has 0 bridgehead atoms. The minimum atomic E-state index is -5.19. The summed E-state index contributed by atoms with van der Waals surface area (Å²) < 4.78 is 46.0. The Morgan fingerprint density at radius 3 is 2.29 bits per heavy atom. The van der Waals surface area contributed by atoms with Crippen LogP contribution < -0.4 is 36.5 Å². The number of benzene rings is 1. The number of carbonyl (C=O) groups is 4. The molecule has 0 spiro atoms. The fourth-order valence-electron chi connectivity index (χ4n) is 4.27. The zero-order valence-corrected chi connectivity index (χ0v) is 28.5. The third kappa shape index (κ3) is 11.5. The number of alkyl carbamates (subject to hydrolysis) is 1. The number of alkyl halides is 3. The number of methoxy groups -OCH3 is 1. The number of carboxylic acid groups (broad SMARTS) is 1. The van der Waals surface area contributed by atoms with Gasteiger partial charge in [0.05, 0.1) is 13.7 Å². The van der Waals surface area contributed by atoms with Crippen molar-refractivity contribution in [3.8, 4) is 5.75 Å². The van der Waals surface area contributed by atoms with Crippen molar-refractivity contribution in [2.45, 2.75) is 65.5 Å². The van der Waals surface area contributed by atoms with E-state index in [0.29, 0.717) is 37.6 Å². The van der Waals surface area contributed by atoms with Crippen molar-refractivity contribution in [3.63, 3.8) is 0 Å². The first-order valence-corrected chi connectivity index (χ1v) is 15.0. The highest BCUT2D eigenvalue weighted by Crippen LogP contribution is 2.22. The lowest BCUT2D eigenvalue weighted by atomic mass is 10.2. The van der Waals surface area contributed by atoms with Gasteiger partial charge in [-0.1, -0.05) is 11.6 Å². The van der Waals surface area contributed by atoms with E-state index in [9.17, 15) is 27.6 Å². The zero-order valence-electron chi connectivity index (χ0n) is 27.7. The van der Waals surface area contributed by atoms with Gasteiger partial charge < -0.3 is 46.4 Å². The van der Waals surface area contributed by atoms with Gasteiger partial charge in [-0.3, -0.25) is 9.59 Å². The summed E-state index contributed by atoms with van der Waals surface area (Å²) in [7, 11) is 3.28. The number of anilines is 2. The number of aryl methyl sites for hydroxylation is 1. The molecule has 0 unspecified atom stereocenters. The van der Waals surface area contributed by atoms with E-state index >= 15 is 0 Å². The number of aromatic nitrogens is 4. The molecule has 3 amide bonds. The number of hydrogen-bond acceptors (Lipinski definition) is 11. The van der Waals surface area contributed by atoms with Gasteiger partial charge in [0.2, 0.25) is 0 Å². The average molecular weight is 718 g/mol. The summed E-state index contributed by atoms with van der Waals surface area (Å²) in [5, 5.41) is 14.2. The molecule has 0 radical (unpaired) electrons. The highest BCUT2D eigenvalue weighted by atomic mass is 35.5. The first-order valence-electron chi connectivity index (χ1n) is 14.6. The van der Waals surface area contributed by atoms with Gasteiger partial charge in [-0.2, -0.15) is 13.2 Å². The van der Waals surface area contributed by atoms with Crippen molar-refractivity contribution in [1.82, 2.24) is 30.1 Å². The maximum atomic E-state index is 13.3. The molecule has 0 aliphatic heterocycles. The SMILES string of the molecule is CCn1c(CNC(=O)c2nc(Cl)c(N)nc2N)[n+](CC(=O)N(C)CCCNC(=O)OC(C)(C)C)c2ccc(OC)cc21.O=C([O-])C(F)(F)F. The molecule has 0 saturated carbocycles. The minimum Gasteiger partial charge on any atom is -0.542 e. The van der Waals surface area contributed by atoms with Crippen molar-refractivity contribution in [2.75, 3.05) is 38.7 Å². The highest BCUT2D eigenvalue weighted by Gasteiger charge is 2.29. The second-order valence-corrected chi connectivity index (χ2v) is 11.7. The number of fused-ring (bicyclic) bond motifs is 1. The number of likely N-dealkylation sites (N-methyl/N-ethyl adjacent to an activating group) is 1. The van der Waals surface area contributed by atoms with E-state index in [-0.39, 0.29) is 41.5 Å². The Morgan fingerprint density at radius 1 is 1.10 bits per heavy atom. The molecule has 6 N–H and O–H groups in total. The van der Waals surface area contributed by atoms with Crippen molar-refractivity contribution in [2.24, 2.45) is 0 Å². The van der Waals surface area contributed by atoms with E-state index < -0.39 is 29.7 Å². The standard InChI is InChI=1S/C27H38ClN9O5.C2HF3O2/c1-7-36-18-13-16(41-6)9-10-17(18)37(15-20(38)35(5)12-8-11-31-26(40)42-27(2,3)4)19(36)14-32-25(39)21-23(29)34-24(30)22(28)33-21;3-2(4,5)1(6)7/h9-10,13H,7-8,11-12,14-15H2,1-6H3,(H5-,29,30,31,32,34,39,40);(H,6,7). The van der Waals surface area contributed by atoms with Gasteiger partial charge in [0.1, 0.15) is 23.9 Å². The molecule has 0 saturated heterocycles. The number of nitrogens with one attached hydrogen (secondary N) is 2. The van der Waals surface area contributed by atoms with Crippen LogP contribution in [0.1, 0.15) is 50.4 Å². The number of hydrogen-bond donors (Lipinski definition) is 4. The molecule has 0 atom stereocenters. The summed E-state index contributed by atoms with van der Waals surface area (Å²) in [5.41, 5.74) is 12.3. The van der Waals surface area contributed by atoms with Crippen molar-refractivity contribution in [1.29, 1.82) is 0 Å². The summed E-state index contributed by atoms with van der Waals surface area (Å²) >= 11 is 5.95.